The number of carbonyl (C=O) groups is 2. The molecule has 0 bridgehead atoms. The second kappa shape index (κ2) is 7.07. The first-order chi connectivity index (χ1) is 10.8. The van der Waals surface area contributed by atoms with Crippen LogP contribution in [0.5, 0.6) is 0 Å². The SMILES string of the molecule is O=C(O)[C@H](Cc1ccccc1)NC(=O)[C@@H]1C[C@@H](S(=O)(=O)O)CN1. The highest BCUT2D eigenvalue weighted by atomic mass is 32.2. The zero-order chi connectivity index (χ0) is 17.0. The average Bonchev–Trinajstić information content (AvgIpc) is 2.97. The number of benzene rings is 1. The molecule has 8 nitrogen and oxygen atoms in total. The van der Waals surface area contributed by atoms with E-state index in [0.29, 0.717) is 0 Å². The van der Waals surface area contributed by atoms with E-state index in [1.165, 1.54) is 0 Å². The summed E-state index contributed by atoms with van der Waals surface area (Å²) in [6, 6.07) is 6.89. The van der Waals surface area contributed by atoms with Gasteiger partial charge in [-0.15, -0.1) is 0 Å². The van der Waals surface area contributed by atoms with Crippen LogP contribution in [-0.2, 0) is 26.1 Å². The summed E-state index contributed by atoms with van der Waals surface area (Å²) in [5.74, 6) is -1.77. The Balaban J connectivity index is 1.98. The Bertz CT molecular complexity index is 676. The molecule has 0 unspecified atom stereocenters. The lowest BCUT2D eigenvalue weighted by atomic mass is 10.1. The first-order valence-corrected chi connectivity index (χ1v) is 8.54. The Morgan fingerprint density at radius 1 is 1.30 bits per heavy atom. The Morgan fingerprint density at radius 2 is 1.96 bits per heavy atom. The third-order valence-electron chi connectivity index (χ3n) is 3.73. The van der Waals surface area contributed by atoms with E-state index in [1.807, 2.05) is 0 Å². The Morgan fingerprint density at radius 3 is 2.48 bits per heavy atom. The zero-order valence-electron chi connectivity index (χ0n) is 12.2. The van der Waals surface area contributed by atoms with E-state index in [9.17, 15) is 23.1 Å². The van der Waals surface area contributed by atoms with Crippen LogP contribution in [0.1, 0.15) is 12.0 Å². The van der Waals surface area contributed by atoms with Gasteiger partial charge in [-0.2, -0.15) is 8.42 Å². The maximum Gasteiger partial charge on any atom is 0.326 e. The molecule has 1 saturated heterocycles. The summed E-state index contributed by atoms with van der Waals surface area (Å²) in [5, 5.41) is 13.3. The molecule has 1 fully saturated rings. The lowest BCUT2D eigenvalue weighted by molar-refractivity contribution is -0.142. The summed E-state index contributed by atoms with van der Waals surface area (Å²) in [4.78, 5) is 23.4. The molecule has 0 aliphatic carbocycles. The number of carboxylic acid groups (broad SMARTS) is 1. The highest BCUT2D eigenvalue weighted by Crippen LogP contribution is 2.14. The molecule has 1 heterocycles. The standard InChI is InChI=1S/C14H18N2O6S/c17-13(11-7-10(8-15-11)23(20,21)22)16-12(14(18)19)6-9-4-2-1-3-5-9/h1-5,10-12,15H,6-8H2,(H,16,17)(H,18,19)(H,20,21,22)/t10-,11+,12+/m1/s1. The van der Waals surface area contributed by atoms with Gasteiger partial charge in [0.25, 0.3) is 10.1 Å². The largest absolute Gasteiger partial charge is 0.480 e. The van der Waals surface area contributed by atoms with Crippen molar-refractivity contribution in [2.24, 2.45) is 0 Å². The molecule has 1 aliphatic rings. The second-order valence-corrected chi connectivity index (χ2v) is 7.12. The van der Waals surface area contributed by atoms with Crippen LogP contribution in [0, 0.1) is 0 Å². The lowest BCUT2D eigenvalue weighted by Crippen LogP contribution is -2.49. The minimum atomic E-state index is -4.22. The molecule has 0 aromatic heterocycles. The Kier molecular flexibility index (Phi) is 5.34. The van der Waals surface area contributed by atoms with Gasteiger partial charge in [0.1, 0.15) is 11.3 Å². The highest BCUT2D eigenvalue weighted by molar-refractivity contribution is 7.86. The molecule has 0 radical (unpaired) electrons. The molecule has 126 valence electrons. The average molecular weight is 342 g/mol. The Hall–Kier alpha value is -1.97. The van der Waals surface area contributed by atoms with Gasteiger partial charge < -0.3 is 15.7 Å². The molecule has 4 N–H and O–H groups in total. The fourth-order valence-electron chi connectivity index (χ4n) is 2.45. The van der Waals surface area contributed by atoms with Crippen LogP contribution >= 0.6 is 0 Å². The molecule has 0 spiro atoms. The van der Waals surface area contributed by atoms with Crippen molar-refractivity contribution in [1.29, 1.82) is 0 Å². The number of carbonyl (C=O) groups excluding carboxylic acids is 1. The van der Waals surface area contributed by atoms with Crippen molar-refractivity contribution >= 4 is 22.0 Å². The molecule has 3 atom stereocenters. The summed E-state index contributed by atoms with van der Waals surface area (Å²) >= 11 is 0. The number of carboxylic acids is 1. The molecule has 9 heteroatoms. The van der Waals surface area contributed by atoms with Crippen LogP contribution in [-0.4, -0.2) is 53.8 Å². The number of hydrogen-bond acceptors (Lipinski definition) is 5. The van der Waals surface area contributed by atoms with Crippen molar-refractivity contribution in [2.75, 3.05) is 6.54 Å². The van der Waals surface area contributed by atoms with Crippen LogP contribution in [0.4, 0.5) is 0 Å². The normalized spacial score (nSPS) is 22.5. The summed E-state index contributed by atoms with van der Waals surface area (Å²) in [5.41, 5.74) is 0.760. The van der Waals surface area contributed by atoms with Crippen LogP contribution in [0.3, 0.4) is 0 Å². The van der Waals surface area contributed by atoms with E-state index in [0.717, 1.165) is 5.56 Å². The van der Waals surface area contributed by atoms with Crippen molar-refractivity contribution < 1.29 is 27.7 Å². The summed E-state index contributed by atoms with van der Waals surface area (Å²) < 4.78 is 31.1. The van der Waals surface area contributed by atoms with Gasteiger partial charge in [0.05, 0.1) is 6.04 Å². The van der Waals surface area contributed by atoms with Crippen LogP contribution < -0.4 is 10.6 Å². The van der Waals surface area contributed by atoms with Crippen LogP contribution in [0.25, 0.3) is 0 Å². The number of nitrogens with one attached hydrogen (secondary N) is 2. The molecule has 1 amide bonds. The molecular formula is C14H18N2O6S. The van der Waals surface area contributed by atoms with Gasteiger partial charge in [-0.25, -0.2) is 4.79 Å². The van der Waals surface area contributed by atoms with Gasteiger partial charge in [-0.3, -0.25) is 9.35 Å². The smallest absolute Gasteiger partial charge is 0.326 e. The molecule has 2 rings (SSSR count). The quantitative estimate of drug-likeness (QED) is 0.508. The topological polar surface area (TPSA) is 133 Å². The first kappa shape index (κ1) is 17.4. The first-order valence-electron chi connectivity index (χ1n) is 7.04. The van der Waals surface area contributed by atoms with Crippen LogP contribution in [0.2, 0.25) is 0 Å². The highest BCUT2D eigenvalue weighted by Gasteiger charge is 2.37. The molecule has 1 aromatic rings. The summed E-state index contributed by atoms with van der Waals surface area (Å²) in [6.45, 7) is -0.0483. The maximum atomic E-state index is 12.1. The van der Waals surface area contributed by atoms with E-state index >= 15 is 0 Å². The predicted octanol–water partition coefficient (Wildman–Crippen LogP) is -0.583. The van der Waals surface area contributed by atoms with E-state index in [2.05, 4.69) is 10.6 Å². The molecule has 23 heavy (non-hydrogen) atoms. The van der Waals surface area contributed by atoms with E-state index in [1.54, 1.807) is 30.3 Å². The van der Waals surface area contributed by atoms with Gasteiger partial charge in [0, 0.05) is 13.0 Å². The third kappa shape index (κ3) is 4.75. The predicted molar refractivity (Wildman–Crippen MR) is 81.5 cm³/mol. The number of amides is 1. The van der Waals surface area contributed by atoms with Gasteiger partial charge in [-0.05, 0) is 12.0 Å². The number of aliphatic carboxylic acids is 1. The minimum absolute atomic E-state index is 0.0483. The van der Waals surface area contributed by atoms with Gasteiger partial charge in [0.2, 0.25) is 5.91 Å². The lowest BCUT2D eigenvalue weighted by Gasteiger charge is -2.17. The van der Waals surface area contributed by atoms with Crippen molar-refractivity contribution in [2.45, 2.75) is 30.2 Å². The van der Waals surface area contributed by atoms with Crippen molar-refractivity contribution in [1.82, 2.24) is 10.6 Å². The fourth-order valence-corrected chi connectivity index (χ4v) is 3.19. The maximum absolute atomic E-state index is 12.1. The zero-order valence-corrected chi connectivity index (χ0v) is 13.0. The summed E-state index contributed by atoms with van der Waals surface area (Å²) in [7, 11) is -4.22. The molecular weight excluding hydrogens is 324 g/mol. The van der Waals surface area contributed by atoms with Crippen molar-refractivity contribution in [3.63, 3.8) is 0 Å². The van der Waals surface area contributed by atoms with Crippen molar-refractivity contribution in [3.8, 4) is 0 Å². The molecule has 1 aliphatic heterocycles. The monoisotopic (exact) mass is 342 g/mol. The molecule has 0 saturated carbocycles. The van der Waals surface area contributed by atoms with E-state index in [4.69, 9.17) is 4.55 Å². The number of hydrogen-bond donors (Lipinski definition) is 4. The Labute approximate surface area is 133 Å². The van der Waals surface area contributed by atoms with E-state index in [-0.39, 0.29) is 19.4 Å². The van der Waals surface area contributed by atoms with Gasteiger partial charge in [0.15, 0.2) is 0 Å². The number of rotatable bonds is 6. The molecule has 1 aromatic carbocycles. The summed E-state index contributed by atoms with van der Waals surface area (Å²) in [6.07, 6.45) is 0.0265. The second-order valence-electron chi connectivity index (χ2n) is 5.42. The van der Waals surface area contributed by atoms with Crippen molar-refractivity contribution in [3.05, 3.63) is 35.9 Å². The fraction of sp³-hybridized carbons (Fsp3) is 0.429. The van der Waals surface area contributed by atoms with E-state index < -0.39 is 39.3 Å². The minimum Gasteiger partial charge on any atom is -0.480 e. The van der Waals surface area contributed by atoms with Gasteiger partial charge >= 0.3 is 5.97 Å². The third-order valence-corrected chi connectivity index (χ3v) is 4.93. The van der Waals surface area contributed by atoms with Crippen LogP contribution in [0.15, 0.2) is 30.3 Å². The van der Waals surface area contributed by atoms with Gasteiger partial charge in [-0.1, -0.05) is 30.3 Å².